The van der Waals surface area contributed by atoms with Crippen molar-refractivity contribution in [1.82, 2.24) is 9.97 Å². The van der Waals surface area contributed by atoms with Crippen molar-refractivity contribution < 1.29 is 9.47 Å². The Balaban J connectivity index is 2.31. The molecule has 5 nitrogen and oxygen atoms in total. The smallest absolute Gasteiger partial charge is 0.224 e. The summed E-state index contributed by atoms with van der Waals surface area (Å²) in [6, 6.07) is 8.90. The van der Waals surface area contributed by atoms with Crippen LogP contribution in [0.15, 0.2) is 30.3 Å². The number of benzene rings is 1. The monoisotopic (exact) mass is 231 g/mol. The van der Waals surface area contributed by atoms with Crippen molar-refractivity contribution in [3.05, 3.63) is 36.2 Å². The molecule has 0 saturated carbocycles. The topological polar surface area (TPSA) is 70.3 Å². The first kappa shape index (κ1) is 11.2. The molecule has 0 aliphatic heterocycles. The Morgan fingerprint density at radius 1 is 1.12 bits per heavy atom. The van der Waals surface area contributed by atoms with E-state index in [1.807, 2.05) is 18.2 Å². The van der Waals surface area contributed by atoms with Crippen molar-refractivity contribution in [2.75, 3.05) is 12.8 Å². The van der Waals surface area contributed by atoms with E-state index in [1.54, 1.807) is 26.2 Å². The average molecular weight is 231 g/mol. The average Bonchev–Trinajstić information content (AvgIpc) is 2.28. The summed E-state index contributed by atoms with van der Waals surface area (Å²) in [5, 5.41) is 0. The number of nitrogen functional groups attached to an aromatic ring is 1. The second-order valence-electron chi connectivity index (χ2n) is 3.43. The van der Waals surface area contributed by atoms with Crippen molar-refractivity contribution in [2.24, 2.45) is 0 Å². The molecule has 0 spiro atoms. The minimum atomic E-state index is 0.377. The summed E-state index contributed by atoms with van der Waals surface area (Å²) in [5.74, 6) is 2.58. The summed E-state index contributed by atoms with van der Waals surface area (Å²) in [5.41, 5.74) is 5.62. The Kier molecular flexibility index (Phi) is 3.09. The molecule has 0 amide bonds. The number of nitrogens with zero attached hydrogens (tertiary/aromatic N) is 2. The van der Waals surface area contributed by atoms with Crippen LogP contribution in [0.2, 0.25) is 0 Å². The zero-order chi connectivity index (χ0) is 12.3. The molecule has 0 bridgehead atoms. The maximum Gasteiger partial charge on any atom is 0.224 e. The lowest BCUT2D eigenvalue weighted by molar-refractivity contribution is 0.373. The van der Waals surface area contributed by atoms with Gasteiger partial charge in [0.2, 0.25) is 5.88 Å². The van der Waals surface area contributed by atoms with Gasteiger partial charge in [0.15, 0.2) is 11.5 Å². The molecule has 2 aromatic rings. The Morgan fingerprint density at radius 3 is 2.47 bits per heavy atom. The van der Waals surface area contributed by atoms with Crippen LogP contribution in [0.5, 0.6) is 17.4 Å². The summed E-state index contributed by atoms with van der Waals surface area (Å²) >= 11 is 0. The summed E-state index contributed by atoms with van der Waals surface area (Å²) in [6.45, 7) is 1.76. The number of rotatable bonds is 3. The van der Waals surface area contributed by atoms with Gasteiger partial charge in [-0.3, -0.25) is 0 Å². The molecule has 0 aliphatic rings. The lowest BCUT2D eigenvalue weighted by Gasteiger charge is -2.09. The highest BCUT2D eigenvalue weighted by molar-refractivity contribution is 5.43. The van der Waals surface area contributed by atoms with Crippen LogP contribution in [-0.4, -0.2) is 17.1 Å². The van der Waals surface area contributed by atoms with Crippen LogP contribution in [0.3, 0.4) is 0 Å². The zero-order valence-corrected chi connectivity index (χ0v) is 9.68. The highest BCUT2D eigenvalue weighted by atomic mass is 16.5. The maximum absolute atomic E-state index is 5.62. The fraction of sp³-hybridized carbons (Fsp3) is 0.167. The summed E-state index contributed by atoms with van der Waals surface area (Å²) in [4.78, 5) is 8.11. The standard InChI is InChI=1S/C12H13N3O2/c1-8-14-11(13)7-12(15-8)17-10-6-4-3-5-9(10)16-2/h3-7H,1-2H3,(H2,13,14,15). The molecule has 0 atom stereocenters. The van der Waals surface area contributed by atoms with E-state index in [9.17, 15) is 0 Å². The van der Waals surface area contributed by atoms with Gasteiger partial charge < -0.3 is 15.2 Å². The summed E-state index contributed by atoms with van der Waals surface area (Å²) in [7, 11) is 1.59. The zero-order valence-electron chi connectivity index (χ0n) is 9.68. The van der Waals surface area contributed by atoms with Gasteiger partial charge in [-0.1, -0.05) is 12.1 Å². The van der Waals surface area contributed by atoms with E-state index in [1.165, 1.54) is 0 Å². The second-order valence-corrected chi connectivity index (χ2v) is 3.43. The van der Waals surface area contributed by atoms with Gasteiger partial charge in [-0.25, -0.2) is 4.98 Å². The summed E-state index contributed by atoms with van der Waals surface area (Å²) < 4.78 is 10.8. The highest BCUT2D eigenvalue weighted by Gasteiger charge is 2.06. The largest absolute Gasteiger partial charge is 0.493 e. The highest BCUT2D eigenvalue weighted by Crippen LogP contribution is 2.30. The van der Waals surface area contributed by atoms with Gasteiger partial charge in [0.05, 0.1) is 7.11 Å². The molecule has 1 heterocycles. The van der Waals surface area contributed by atoms with Crippen molar-refractivity contribution in [3.8, 4) is 17.4 Å². The van der Waals surface area contributed by atoms with Crippen LogP contribution in [0.25, 0.3) is 0 Å². The van der Waals surface area contributed by atoms with E-state index in [0.717, 1.165) is 0 Å². The molecule has 1 aromatic carbocycles. The van der Waals surface area contributed by atoms with Crippen LogP contribution in [0, 0.1) is 6.92 Å². The van der Waals surface area contributed by atoms with Gasteiger partial charge in [-0.15, -0.1) is 0 Å². The molecular weight excluding hydrogens is 218 g/mol. The van der Waals surface area contributed by atoms with Crippen molar-refractivity contribution >= 4 is 5.82 Å². The fourth-order valence-corrected chi connectivity index (χ4v) is 1.43. The predicted molar refractivity (Wildman–Crippen MR) is 64.2 cm³/mol. The van der Waals surface area contributed by atoms with Gasteiger partial charge in [0, 0.05) is 6.07 Å². The van der Waals surface area contributed by atoms with Gasteiger partial charge in [0.25, 0.3) is 0 Å². The van der Waals surface area contributed by atoms with E-state index in [0.29, 0.717) is 29.0 Å². The molecular formula is C12H13N3O2. The lowest BCUT2D eigenvalue weighted by Crippen LogP contribution is -1.98. The molecule has 0 fully saturated rings. The van der Waals surface area contributed by atoms with Crippen LogP contribution in [0.4, 0.5) is 5.82 Å². The van der Waals surface area contributed by atoms with Gasteiger partial charge >= 0.3 is 0 Å². The van der Waals surface area contributed by atoms with Crippen LogP contribution >= 0.6 is 0 Å². The van der Waals surface area contributed by atoms with Crippen molar-refractivity contribution in [3.63, 3.8) is 0 Å². The first-order valence-corrected chi connectivity index (χ1v) is 5.11. The Bertz CT molecular complexity index is 509. The lowest BCUT2D eigenvalue weighted by atomic mass is 10.3. The van der Waals surface area contributed by atoms with Crippen molar-refractivity contribution in [2.45, 2.75) is 6.92 Å². The quantitative estimate of drug-likeness (QED) is 0.876. The number of nitrogens with two attached hydrogens (primary N) is 1. The van der Waals surface area contributed by atoms with E-state index in [4.69, 9.17) is 15.2 Å². The third-order valence-corrected chi connectivity index (χ3v) is 2.12. The van der Waals surface area contributed by atoms with E-state index < -0.39 is 0 Å². The van der Waals surface area contributed by atoms with E-state index in [-0.39, 0.29) is 0 Å². The number of methoxy groups -OCH3 is 1. The normalized spacial score (nSPS) is 10.0. The first-order valence-electron chi connectivity index (χ1n) is 5.11. The van der Waals surface area contributed by atoms with Gasteiger partial charge in [-0.2, -0.15) is 4.98 Å². The third-order valence-electron chi connectivity index (χ3n) is 2.12. The Hall–Kier alpha value is -2.30. The number of aromatic nitrogens is 2. The minimum absolute atomic E-state index is 0.377. The van der Waals surface area contributed by atoms with Crippen LogP contribution in [-0.2, 0) is 0 Å². The molecule has 0 saturated heterocycles. The van der Waals surface area contributed by atoms with E-state index in [2.05, 4.69) is 9.97 Å². The SMILES string of the molecule is COc1ccccc1Oc1cc(N)nc(C)n1. The number of hydrogen-bond acceptors (Lipinski definition) is 5. The number of aryl methyl sites for hydroxylation is 1. The third kappa shape index (κ3) is 2.63. The molecule has 88 valence electrons. The number of hydrogen-bond donors (Lipinski definition) is 1. The molecule has 1 aromatic heterocycles. The molecule has 17 heavy (non-hydrogen) atoms. The Morgan fingerprint density at radius 2 is 1.82 bits per heavy atom. The van der Waals surface area contributed by atoms with Gasteiger partial charge in [0.1, 0.15) is 11.6 Å². The van der Waals surface area contributed by atoms with E-state index >= 15 is 0 Å². The predicted octanol–water partition coefficient (Wildman–Crippen LogP) is 2.17. The molecule has 2 N–H and O–H groups in total. The Labute approximate surface area is 99.2 Å². The first-order chi connectivity index (χ1) is 8.19. The molecule has 0 unspecified atom stereocenters. The molecule has 0 radical (unpaired) electrons. The second kappa shape index (κ2) is 4.69. The fourth-order valence-electron chi connectivity index (χ4n) is 1.43. The van der Waals surface area contributed by atoms with Crippen molar-refractivity contribution in [1.29, 1.82) is 0 Å². The number of para-hydroxylation sites is 2. The number of ether oxygens (including phenoxy) is 2. The minimum Gasteiger partial charge on any atom is -0.493 e. The molecule has 2 rings (SSSR count). The van der Waals surface area contributed by atoms with Crippen LogP contribution < -0.4 is 15.2 Å². The summed E-state index contributed by atoms with van der Waals surface area (Å²) in [6.07, 6.45) is 0. The number of anilines is 1. The molecule has 0 aliphatic carbocycles. The van der Waals surface area contributed by atoms with Gasteiger partial charge in [-0.05, 0) is 19.1 Å². The molecule has 5 heteroatoms. The maximum atomic E-state index is 5.62. The van der Waals surface area contributed by atoms with Crippen LogP contribution in [0.1, 0.15) is 5.82 Å².